The standard InChI is InChI=1S/C7H7NO5S/c9-7(10)8(14(11,12)13)6-4-2-1-3-5-6/h1-5H,(H,9,10)(H,11,12,13). The van der Waals surface area contributed by atoms with Crippen molar-refractivity contribution in [2.24, 2.45) is 0 Å². The van der Waals surface area contributed by atoms with Gasteiger partial charge in [0.25, 0.3) is 0 Å². The Morgan fingerprint density at radius 2 is 1.71 bits per heavy atom. The number of carboxylic acid groups (broad SMARTS) is 1. The highest BCUT2D eigenvalue weighted by molar-refractivity contribution is 7.88. The Hall–Kier alpha value is -1.60. The van der Waals surface area contributed by atoms with Gasteiger partial charge in [-0.1, -0.05) is 18.2 Å². The molecule has 6 nitrogen and oxygen atoms in total. The molecule has 0 saturated carbocycles. The molecule has 1 amide bonds. The van der Waals surface area contributed by atoms with Crippen molar-refractivity contribution in [1.29, 1.82) is 0 Å². The SMILES string of the molecule is O=C(O)N(c1ccccc1)S(=O)(=O)O. The highest BCUT2D eigenvalue weighted by Crippen LogP contribution is 2.16. The summed E-state index contributed by atoms with van der Waals surface area (Å²) in [6, 6.07) is 7.00. The highest BCUT2D eigenvalue weighted by atomic mass is 32.2. The summed E-state index contributed by atoms with van der Waals surface area (Å²) < 4.78 is 29.8. The molecule has 0 atom stereocenters. The predicted octanol–water partition coefficient (Wildman–Crippen LogP) is 0.974. The molecule has 0 aliphatic carbocycles. The lowest BCUT2D eigenvalue weighted by molar-refractivity contribution is 0.205. The first kappa shape index (κ1) is 10.5. The molecule has 76 valence electrons. The van der Waals surface area contributed by atoms with Crippen LogP contribution in [0, 0.1) is 0 Å². The van der Waals surface area contributed by atoms with E-state index in [-0.39, 0.29) is 9.99 Å². The fourth-order valence-corrected chi connectivity index (χ4v) is 1.49. The third-order valence-electron chi connectivity index (χ3n) is 1.40. The van der Waals surface area contributed by atoms with Crippen LogP contribution in [0.3, 0.4) is 0 Å². The lowest BCUT2D eigenvalue weighted by Crippen LogP contribution is -2.35. The summed E-state index contributed by atoms with van der Waals surface area (Å²) in [7, 11) is -4.78. The second kappa shape index (κ2) is 3.64. The van der Waals surface area contributed by atoms with E-state index in [1.54, 1.807) is 6.07 Å². The largest absolute Gasteiger partial charge is 0.464 e. The minimum atomic E-state index is -4.78. The van der Waals surface area contributed by atoms with Crippen LogP contribution in [0.15, 0.2) is 30.3 Å². The summed E-state index contributed by atoms with van der Waals surface area (Å²) in [6.45, 7) is 0. The van der Waals surface area contributed by atoms with Gasteiger partial charge in [0, 0.05) is 0 Å². The number of hydrogen-bond acceptors (Lipinski definition) is 3. The molecule has 0 radical (unpaired) electrons. The molecular formula is C7H7NO5S. The van der Waals surface area contributed by atoms with Crippen molar-refractivity contribution in [3.63, 3.8) is 0 Å². The molecule has 7 heteroatoms. The number of benzene rings is 1. The maximum Gasteiger partial charge on any atom is 0.427 e. The van der Waals surface area contributed by atoms with Gasteiger partial charge in [0.2, 0.25) is 0 Å². The van der Waals surface area contributed by atoms with E-state index in [4.69, 9.17) is 9.66 Å². The lowest BCUT2D eigenvalue weighted by atomic mass is 10.3. The zero-order valence-electron chi connectivity index (χ0n) is 6.86. The Labute approximate surface area is 80.3 Å². The maximum absolute atomic E-state index is 10.7. The van der Waals surface area contributed by atoms with E-state index in [2.05, 4.69) is 0 Å². The molecule has 0 fully saturated rings. The van der Waals surface area contributed by atoms with Crippen molar-refractivity contribution >= 4 is 22.1 Å². The Bertz CT molecular complexity index is 427. The summed E-state index contributed by atoms with van der Waals surface area (Å²) in [4.78, 5) is 10.5. The normalized spacial score (nSPS) is 10.9. The molecule has 14 heavy (non-hydrogen) atoms. The first-order valence-electron chi connectivity index (χ1n) is 3.48. The minimum Gasteiger partial charge on any atom is -0.464 e. The molecule has 0 saturated heterocycles. The number of para-hydroxylation sites is 1. The third kappa shape index (κ3) is 2.21. The Kier molecular flexibility index (Phi) is 2.73. The molecule has 0 aromatic heterocycles. The van der Waals surface area contributed by atoms with Gasteiger partial charge in [-0.3, -0.25) is 4.55 Å². The second-order valence-electron chi connectivity index (χ2n) is 2.36. The number of hydrogen-bond donors (Lipinski definition) is 2. The summed E-state index contributed by atoms with van der Waals surface area (Å²) in [6.07, 6.45) is -1.77. The monoisotopic (exact) mass is 217 g/mol. The topological polar surface area (TPSA) is 94.9 Å². The van der Waals surface area contributed by atoms with Crippen LogP contribution >= 0.6 is 0 Å². The zero-order chi connectivity index (χ0) is 10.8. The molecule has 2 N–H and O–H groups in total. The van der Waals surface area contributed by atoms with Gasteiger partial charge in [-0.25, -0.2) is 4.79 Å². The van der Waals surface area contributed by atoms with Crippen molar-refractivity contribution in [3.8, 4) is 0 Å². The molecule has 1 rings (SSSR count). The minimum absolute atomic E-state index is 0.118. The summed E-state index contributed by atoms with van der Waals surface area (Å²) in [5, 5.41) is 8.55. The van der Waals surface area contributed by atoms with Crippen LogP contribution in [0.2, 0.25) is 0 Å². The quantitative estimate of drug-likeness (QED) is 0.720. The van der Waals surface area contributed by atoms with Gasteiger partial charge in [0.05, 0.1) is 5.69 Å². The zero-order valence-corrected chi connectivity index (χ0v) is 7.68. The summed E-state index contributed by atoms with van der Waals surface area (Å²) in [5.74, 6) is 0. The number of anilines is 1. The lowest BCUT2D eigenvalue weighted by Gasteiger charge is -2.14. The molecule has 0 unspecified atom stereocenters. The molecule has 0 heterocycles. The fraction of sp³-hybridized carbons (Fsp3) is 0. The smallest absolute Gasteiger partial charge is 0.427 e. The van der Waals surface area contributed by atoms with Crippen LogP contribution in [0.1, 0.15) is 0 Å². The van der Waals surface area contributed by atoms with Crippen LogP contribution in [0.25, 0.3) is 0 Å². The molecule has 0 aliphatic rings. The Morgan fingerprint density at radius 1 is 1.21 bits per heavy atom. The van der Waals surface area contributed by atoms with Crippen molar-refractivity contribution in [2.45, 2.75) is 0 Å². The molecule has 0 spiro atoms. The maximum atomic E-state index is 10.7. The molecule has 0 bridgehead atoms. The van der Waals surface area contributed by atoms with E-state index in [0.29, 0.717) is 0 Å². The molecule has 0 aliphatic heterocycles. The molecule has 1 aromatic rings. The number of nitrogens with zero attached hydrogens (tertiary/aromatic N) is 1. The van der Waals surface area contributed by atoms with Gasteiger partial charge in [0.15, 0.2) is 0 Å². The van der Waals surface area contributed by atoms with E-state index in [0.717, 1.165) is 0 Å². The predicted molar refractivity (Wildman–Crippen MR) is 48.5 cm³/mol. The van der Waals surface area contributed by atoms with Crippen molar-refractivity contribution in [2.75, 3.05) is 4.31 Å². The van der Waals surface area contributed by atoms with Gasteiger partial charge in [-0.15, -0.1) is 4.31 Å². The first-order valence-corrected chi connectivity index (χ1v) is 4.88. The van der Waals surface area contributed by atoms with Gasteiger partial charge < -0.3 is 5.11 Å². The van der Waals surface area contributed by atoms with Crippen molar-refractivity contribution < 1.29 is 22.9 Å². The third-order valence-corrected chi connectivity index (χ3v) is 2.22. The van der Waals surface area contributed by atoms with Crippen LogP contribution in [-0.2, 0) is 10.3 Å². The average Bonchev–Trinajstić information content (AvgIpc) is 2.02. The van der Waals surface area contributed by atoms with Crippen LogP contribution in [0.5, 0.6) is 0 Å². The number of amides is 1. The Balaban J connectivity index is 3.22. The number of rotatable bonds is 2. The fourth-order valence-electron chi connectivity index (χ4n) is 0.906. The average molecular weight is 217 g/mol. The van der Waals surface area contributed by atoms with Crippen LogP contribution in [0.4, 0.5) is 10.5 Å². The van der Waals surface area contributed by atoms with E-state index in [1.165, 1.54) is 24.3 Å². The van der Waals surface area contributed by atoms with Gasteiger partial charge >= 0.3 is 16.4 Å². The summed E-state index contributed by atoms with van der Waals surface area (Å²) in [5.41, 5.74) is -0.137. The summed E-state index contributed by atoms with van der Waals surface area (Å²) >= 11 is 0. The van der Waals surface area contributed by atoms with Gasteiger partial charge in [-0.2, -0.15) is 8.42 Å². The van der Waals surface area contributed by atoms with Crippen LogP contribution in [-0.4, -0.2) is 24.2 Å². The second-order valence-corrected chi connectivity index (χ2v) is 3.62. The van der Waals surface area contributed by atoms with Crippen molar-refractivity contribution in [3.05, 3.63) is 30.3 Å². The van der Waals surface area contributed by atoms with E-state index < -0.39 is 16.4 Å². The molecule has 1 aromatic carbocycles. The van der Waals surface area contributed by atoms with E-state index >= 15 is 0 Å². The van der Waals surface area contributed by atoms with E-state index in [1.807, 2.05) is 0 Å². The van der Waals surface area contributed by atoms with Gasteiger partial charge in [0.1, 0.15) is 0 Å². The van der Waals surface area contributed by atoms with Gasteiger partial charge in [-0.05, 0) is 12.1 Å². The first-order chi connectivity index (χ1) is 6.43. The Morgan fingerprint density at radius 3 is 2.07 bits per heavy atom. The highest BCUT2D eigenvalue weighted by Gasteiger charge is 2.26. The molecular weight excluding hydrogens is 210 g/mol. The van der Waals surface area contributed by atoms with Crippen molar-refractivity contribution in [1.82, 2.24) is 0 Å². The van der Waals surface area contributed by atoms with E-state index in [9.17, 15) is 13.2 Å². The van der Waals surface area contributed by atoms with Crippen LogP contribution < -0.4 is 4.31 Å². The number of carbonyl (C=O) groups is 1.